The highest BCUT2D eigenvalue weighted by Gasteiger charge is 2.44. The lowest BCUT2D eigenvalue weighted by Gasteiger charge is -2.37. The topological polar surface area (TPSA) is 53.7 Å². The molecule has 18 heavy (non-hydrogen) atoms. The maximum absolute atomic E-state index is 13.4. The van der Waals surface area contributed by atoms with Gasteiger partial charge < -0.3 is 14.4 Å². The summed E-state index contributed by atoms with van der Waals surface area (Å²) in [5.41, 5.74) is 0.720. The SMILES string of the molecule is O=C(Cc1ccoc1)N1CCC(F)(F)C(CO)C1. The zero-order valence-electron chi connectivity index (χ0n) is 9.81. The number of aliphatic hydroxyl groups excluding tert-OH is 1. The van der Waals surface area contributed by atoms with E-state index in [0.29, 0.717) is 0 Å². The zero-order valence-corrected chi connectivity index (χ0v) is 9.81. The fourth-order valence-electron chi connectivity index (χ4n) is 2.08. The van der Waals surface area contributed by atoms with Crippen LogP contribution in [-0.2, 0) is 11.2 Å². The number of piperidine rings is 1. The van der Waals surface area contributed by atoms with Gasteiger partial charge in [-0.05, 0) is 11.6 Å². The van der Waals surface area contributed by atoms with Gasteiger partial charge in [0.15, 0.2) is 0 Å². The van der Waals surface area contributed by atoms with Crippen LogP contribution >= 0.6 is 0 Å². The molecule has 1 unspecified atom stereocenters. The van der Waals surface area contributed by atoms with Crippen LogP contribution in [0.3, 0.4) is 0 Å². The van der Waals surface area contributed by atoms with Crippen molar-refractivity contribution in [3.05, 3.63) is 24.2 Å². The molecule has 2 rings (SSSR count). The number of hydrogen-bond donors (Lipinski definition) is 1. The largest absolute Gasteiger partial charge is 0.472 e. The lowest BCUT2D eigenvalue weighted by Crippen LogP contribution is -2.50. The standard InChI is InChI=1S/C12H15F2NO3/c13-12(14)2-3-15(6-10(12)7-16)11(17)5-9-1-4-18-8-9/h1,4,8,10,16H,2-3,5-7H2. The van der Waals surface area contributed by atoms with E-state index in [4.69, 9.17) is 9.52 Å². The number of alkyl halides is 2. The van der Waals surface area contributed by atoms with Crippen molar-refractivity contribution < 1.29 is 23.1 Å². The first kappa shape index (κ1) is 13.0. The second-order valence-corrected chi connectivity index (χ2v) is 4.54. The molecule has 1 aliphatic heterocycles. The third kappa shape index (κ3) is 2.69. The van der Waals surface area contributed by atoms with Crippen molar-refractivity contribution in [1.82, 2.24) is 4.90 Å². The van der Waals surface area contributed by atoms with Crippen LogP contribution in [0.2, 0.25) is 0 Å². The first-order chi connectivity index (χ1) is 8.53. The summed E-state index contributed by atoms with van der Waals surface area (Å²) < 4.78 is 31.6. The van der Waals surface area contributed by atoms with E-state index in [1.807, 2.05) is 0 Å². The van der Waals surface area contributed by atoms with Crippen molar-refractivity contribution >= 4 is 5.91 Å². The molecule has 1 aromatic heterocycles. The summed E-state index contributed by atoms with van der Waals surface area (Å²) in [6, 6.07) is 1.67. The summed E-state index contributed by atoms with van der Waals surface area (Å²) >= 11 is 0. The Kier molecular flexibility index (Phi) is 3.65. The number of furan rings is 1. The number of likely N-dealkylation sites (tertiary alicyclic amines) is 1. The molecular weight excluding hydrogens is 244 g/mol. The number of rotatable bonds is 3. The Hall–Kier alpha value is -1.43. The van der Waals surface area contributed by atoms with E-state index in [-0.39, 0.29) is 25.4 Å². The van der Waals surface area contributed by atoms with Crippen LogP contribution in [0.15, 0.2) is 23.0 Å². The maximum atomic E-state index is 13.4. The summed E-state index contributed by atoms with van der Waals surface area (Å²) in [5, 5.41) is 8.95. The van der Waals surface area contributed by atoms with Crippen LogP contribution in [-0.4, -0.2) is 41.5 Å². The maximum Gasteiger partial charge on any atom is 0.256 e. The predicted molar refractivity (Wildman–Crippen MR) is 59.1 cm³/mol. The third-order valence-corrected chi connectivity index (χ3v) is 3.26. The van der Waals surface area contributed by atoms with Gasteiger partial charge in [0.2, 0.25) is 5.91 Å². The molecule has 4 nitrogen and oxygen atoms in total. The minimum absolute atomic E-state index is 0.0280. The second-order valence-electron chi connectivity index (χ2n) is 4.54. The van der Waals surface area contributed by atoms with E-state index < -0.39 is 24.9 Å². The van der Waals surface area contributed by atoms with Crippen LogP contribution in [0.5, 0.6) is 0 Å². The number of carbonyl (C=O) groups is 1. The molecule has 0 saturated carbocycles. The van der Waals surface area contributed by atoms with Crippen LogP contribution in [0.1, 0.15) is 12.0 Å². The van der Waals surface area contributed by atoms with E-state index >= 15 is 0 Å². The number of carbonyl (C=O) groups excluding carboxylic acids is 1. The average Bonchev–Trinajstić information content (AvgIpc) is 2.81. The fraction of sp³-hybridized carbons (Fsp3) is 0.583. The molecule has 1 N–H and O–H groups in total. The van der Waals surface area contributed by atoms with Gasteiger partial charge in [0.25, 0.3) is 5.92 Å². The number of hydrogen-bond acceptors (Lipinski definition) is 3. The van der Waals surface area contributed by atoms with Gasteiger partial charge in [-0.15, -0.1) is 0 Å². The Morgan fingerprint density at radius 2 is 2.39 bits per heavy atom. The molecule has 6 heteroatoms. The molecule has 0 aromatic carbocycles. The van der Waals surface area contributed by atoms with Crippen molar-refractivity contribution in [2.75, 3.05) is 19.7 Å². The molecule has 1 aliphatic rings. The minimum Gasteiger partial charge on any atom is -0.472 e. The van der Waals surface area contributed by atoms with Gasteiger partial charge in [0.1, 0.15) is 0 Å². The monoisotopic (exact) mass is 259 g/mol. The molecule has 1 amide bonds. The van der Waals surface area contributed by atoms with E-state index in [0.717, 1.165) is 5.56 Å². The summed E-state index contributed by atoms with van der Waals surface area (Å²) in [4.78, 5) is 13.3. The average molecular weight is 259 g/mol. The summed E-state index contributed by atoms with van der Waals surface area (Å²) in [6.07, 6.45) is 2.67. The molecule has 0 bridgehead atoms. The summed E-state index contributed by atoms with van der Waals surface area (Å²) in [5.74, 6) is -4.27. The van der Waals surface area contributed by atoms with E-state index in [1.54, 1.807) is 6.07 Å². The van der Waals surface area contributed by atoms with Crippen molar-refractivity contribution in [1.29, 1.82) is 0 Å². The van der Waals surface area contributed by atoms with Crippen LogP contribution in [0.25, 0.3) is 0 Å². The van der Waals surface area contributed by atoms with Gasteiger partial charge in [-0.25, -0.2) is 8.78 Å². The molecule has 1 saturated heterocycles. The van der Waals surface area contributed by atoms with Gasteiger partial charge in [-0.1, -0.05) is 0 Å². The smallest absolute Gasteiger partial charge is 0.256 e. The third-order valence-electron chi connectivity index (χ3n) is 3.26. The molecule has 1 aromatic rings. The highest BCUT2D eigenvalue weighted by Crippen LogP contribution is 2.33. The molecule has 2 heterocycles. The normalized spacial score (nSPS) is 23.1. The molecule has 100 valence electrons. The van der Waals surface area contributed by atoms with Gasteiger partial charge in [-0.3, -0.25) is 4.79 Å². The lowest BCUT2D eigenvalue weighted by molar-refractivity contribution is -0.148. The molecule has 0 radical (unpaired) electrons. The molecule has 0 aliphatic carbocycles. The second kappa shape index (κ2) is 5.06. The van der Waals surface area contributed by atoms with Crippen LogP contribution < -0.4 is 0 Å². The van der Waals surface area contributed by atoms with Crippen LogP contribution in [0, 0.1) is 5.92 Å². The number of amides is 1. The van der Waals surface area contributed by atoms with Gasteiger partial charge >= 0.3 is 0 Å². The lowest BCUT2D eigenvalue weighted by atomic mass is 9.94. The number of aliphatic hydroxyl groups is 1. The Morgan fingerprint density at radius 1 is 1.61 bits per heavy atom. The highest BCUT2D eigenvalue weighted by molar-refractivity contribution is 5.78. The van der Waals surface area contributed by atoms with E-state index in [1.165, 1.54) is 17.4 Å². The van der Waals surface area contributed by atoms with E-state index in [2.05, 4.69) is 0 Å². The first-order valence-corrected chi connectivity index (χ1v) is 5.80. The molecule has 1 fully saturated rings. The van der Waals surface area contributed by atoms with Gasteiger partial charge in [-0.2, -0.15) is 0 Å². The number of halogens is 2. The molecule has 1 atom stereocenters. The molecule has 0 spiro atoms. The molecular formula is C12H15F2NO3. The minimum atomic E-state index is -2.89. The summed E-state index contributed by atoms with van der Waals surface area (Å²) in [6.45, 7) is -0.678. The summed E-state index contributed by atoms with van der Waals surface area (Å²) in [7, 11) is 0. The van der Waals surface area contributed by atoms with Crippen molar-refractivity contribution in [3.8, 4) is 0 Å². The fourth-order valence-corrected chi connectivity index (χ4v) is 2.08. The Bertz CT molecular complexity index is 405. The van der Waals surface area contributed by atoms with Gasteiger partial charge in [0.05, 0.1) is 31.5 Å². The zero-order chi connectivity index (χ0) is 13.2. The van der Waals surface area contributed by atoms with E-state index in [9.17, 15) is 13.6 Å². The van der Waals surface area contributed by atoms with Crippen molar-refractivity contribution in [2.24, 2.45) is 5.92 Å². The number of nitrogens with zero attached hydrogens (tertiary/aromatic N) is 1. The predicted octanol–water partition coefficient (Wildman–Crippen LogP) is 1.30. The van der Waals surface area contributed by atoms with Crippen molar-refractivity contribution in [3.63, 3.8) is 0 Å². The van der Waals surface area contributed by atoms with Crippen LogP contribution in [0.4, 0.5) is 8.78 Å². The quantitative estimate of drug-likeness (QED) is 0.890. The Balaban J connectivity index is 1.96. The Labute approximate surface area is 103 Å². The van der Waals surface area contributed by atoms with Gasteiger partial charge in [0, 0.05) is 19.5 Å². The highest BCUT2D eigenvalue weighted by atomic mass is 19.3. The Morgan fingerprint density at radius 3 is 3.00 bits per heavy atom. The first-order valence-electron chi connectivity index (χ1n) is 5.80. The van der Waals surface area contributed by atoms with Crippen molar-refractivity contribution in [2.45, 2.75) is 18.8 Å².